The van der Waals surface area contributed by atoms with E-state index in [4.69, 9.17) is 9.47 Å². The van der Waals surface area contributed by atoms with Crippen molar-refractivity contribution in [2.45, 2.75) is 103 Å². The summed E-state index contributed by atoms with van der Waals surface area (Å²) in [5.41, 5.74) is 1.52. The van der Waals surface area contributed by atoms with Crippen LogP contribution in [0.1, 0.15) is 59.8 Å². The van der Waals surface area contributed by atoms with Gasteiger partial charge in [0, 0.05) is 0 Å². The van der Waals surface area contributed by atoms with Crippen LogP contribution >= 0.6 is 0 Å². The fourth-order valence-electron chi connectivity index (χ4n) is 6.71. The number of allylic oxidation sites excluding steroid dienone is 1. The van der Waals surface area contributed by atoms with Crippen molar-refractivity contribution < 1.29 is 40.1 Å². The molecule has 0 aromatic rings. The first-order valence-corrected chi connectivity index (χ1v) is 12.5. The topological polar surface area (TPSA) is 140 Å². The van der Waals surface area contributed by atoms with Crippen LogP contribution < -0.4 is 0 Å². The molecular formula is C26H44O8. The van der Waals surface area contributed by atoms with E-state index in [9.17, 15) is 30.6 Å². The minimum atomic E-state index is -1.51. The molecule has 0 radical (unpaired) electrons. The van der Waals surface area contributed by atoms with E-state index in [2.05, 4.69) is 27.4 Å². The molecule has 0 aromatic carbocycles. The first-order chi connectivity index (χ1) is 15.9. The van der Waals surface area contributed by atoms with Gasteiger partial charge >= 0.3 is 0 Å². The largest absolute Gasteiger partial charge is 0.394 e. The van der Waals surface area contributed by atoms with E-state index in [1.54, 1.807) is 0 Å². The van der Waals surface area contributed by atoms with Crippen molar-refractivity contribution in [2.75, 3.05) is 13.2 Å². The molecule has 3 aliphatic rings. The van der Waals surface area contributed by atoms with Gasteiger partial charge in [0.1, 0.15) is 24.4 Å². The van der Waals surface area contributed by atoms with Crippen molar-refractivity contribution in [1.82, 2.24) is 0 Å². The SMILES string of the molecule is C=C1[C@@H](O[C@@H]2O[C@H](CO)[C@@H](O)[C@H](O)[C@@H]2O)C[C@H]2C(C)(C)[C@@H](O)CC[C@]2(C)[C@@H]1CC/C(C)=C\CO. The minimum Gasteiger partial charge on any atom is -0.394 e. The van der Waals surface area contributed by atoms with Crippen LogP contribution in [0, 0.1) is 22.7 Å². The van der Waals surface area contributed by atoms with E-state index in [1.807, 2.05) is 13.0 Å². The Morgan fingerprint density at radius 3 is 2.41 bits per heavy atom. The summed E-state index contributed by atoms with van der Waals surface area (Å²) >= 11 is 0. The summed E-state index contributed by atoms with van der Waals surface area (Å²) in [5, 5.41) is 60.5. The summed E-state index contributed by atoms with van der Waals surface area (Å²) in [4.78, 5) is 0. The number of aliphatic hydroxyl groups excluding tert-OH is 6. The van der Waals surface area contributed by atoms with Gasteiger partial charge in [-0.15, -0.1) is 0 Å². The predicted molar refractivity (Wildman–Crippen MR) is 127 cm³/mol. The van der Waals surface area contributed by atoms with Gasteiger partial charge in [0.25, 0.3) is 0 Å². The third-order valence-electron chi connectivity index (χ3n) is 9.03. The standard InChI is InChI=1S/C26H44O8/c1-14(9-11-27)6-7-16-15(2)17(12-19-25(3,4)20(29)8-10-26(16,19)5)33-24-23(32)22(31)21(30)18(13-28)34-24/h9,16-24,27-32H,2,6-8,10-13H2,1,3-5H3/b14-9-/t16-,17+,18-,19+,20+,21-,22+,23+,24-,26-/m1/s1. The summed E-state index contributed by atoms with van der Waals surface area (Å²) in [7, 11) is 0. The lowest BCUT2D eigenvalue weighted by Gasteiger charge is -2.61. The molecule has 0 aromatic heterocycles. The van der Waals surface area contributed by atoms with Gasteiger partial charge < -0.3 is 40.1 Å². The Morgan fingerprint density at radius 1 is 1.12 bits per heavy atom. The van der Waals surface area contributed by atoms with Crippen LogP contribution in [0.25, 0.3) is 0 Å². The third-order valence-corrected chi connectivity index (χ3v) is 9.03. The average molecular weight is 485 g/mol. The third kappa shape index (κ3) is 5.02. The molecule has 0 spiro atoms. The summed E-state index contributed by atoms with van der Waals surface area (Å²) in [5.74, 6) is 0.186. The number of hydrogen-bond donors (Lipinski definition) is 6. The molecule has 1 saturated heterocycles. The lowest BCUT2D eigenvalue weighted by Crippen LogP contribution is -2.61. The number of rotatable bonds is 7. The molecule has 34 heavy (non-hydrogen) atoms. The van der Waals surface area contributed by atoms with Gasteiger partial charge in [-0.2, -0.15) is 0 Å². The maximum absolute atomic E-state index is 10.9. The van der Waals surface area contributed by atoms with E-state index in [1.165, 1.54) is 0 Å². The summed E-state index contributed by atoms with van der Waals surface area (Å²) in [6.07, 6.45) is -2.05. The first kappa shape index (κ1) is 27.7. The van der Waals surface area contributed by atoms with Crippen molar-refractivity contribution in [1.29, 1.82) is 0 Å². The Balaban J connectivity index is 1.89. The van der Waals surface area contributed by atoms with E-state index in [-0.39, 0.29) is 29.3 Å². The van der Waals surface area contributed by atoms with Gasteiger partial charge in [0.15, 0.2) is 6.29 Å². The highest BCUT2D eigenvalue weighted by atomic mass is 16.7. The number of fused-ring (bicyclic) bond motifs is 1. The van der Waals surface area contributed by atoms with Crippen molar-refractivity contribution in [3.63, 3.8) is 0 Å². The molecule has 2 saturated carbocycles. The zero-order valence-electron chi connectivity index (χ0n) is 20.9. The predicted octanol–water partition coefficient (Wildman–Crippen LogP) is 1.27. The van der Waals surface area contributed by atoms with E-state index < -0.39 is 49.5 Å². The number of aliphatic hydroxyl groups is 6. The lowest BCUT2D eigenvalue weighted by atomic mass is 9.46. The highest BCUT2D eigenvalue weighted by molar-refractivity contribution is 5.22. The first-order valence-electron chi connectivity index (χ1n) is 12.5. The molecule has 0 unspecified atom stereocenters. The van der Waals surface area contributed by atoms with Crippen LogP contribution in [0.15, 0.2) is 23.8 Å². The summed E-state index contributed by atoms with van der Waals surface area (Å²) in [6.45, 7) is 12.3. The Kier molecular flexibility index (Phi) is 8.69. The van der Waals surface area contributed by atoms with Gasteiger partial charge in [-0.05, 0) is 67.3 Å². The smallest absolute Gasteiger partial charge is 0.187 e. The monoisotopic (exact) mass is 484 g/mol. The highest BCUT2D eigenvalue weighted by Gasteiger charge is 2.58. The quantitative estimate of drug-likeness (QED) is 0.235. The minimum absolute atomic E-state index is 0.000588. The maximum Gasteiger partial charge on any atom is 0.187 e. The molecule has 1 heterocycles. The van der Waals surface area contributed by atoms with Crippen LogP contribution in [0.4, 0.5) is 0 Å². The lowest BCUT2D eigenvalue weighted by molar-refractivity contribution is -0.313. The van der Waals surface area contributed by atoms with Crippen molar-refractivity contribution in [3.05, 3.63) is 23.8 Å². The summed E-state index contributed by atoms with van der Waals surface area (Å²) in [6, 6.07) is 0. The number of hydrogen-bond acceptors (Lipinski definition) is 8. The fourth-order valence-corrected chi connectivity index (χ4v) is 6.71. The Morgan fingerprint density at radius 2 is 1.79 bits per heavy atom. The van der Waals surface area contributed by atoms with Crippen LogP contribution in [-0.4, -0.2) is 86.8 Å². The van der Waals surface area contributed by atoms with E-state index in [0.717, 1.165) is 30.4 Å². The molecule has 8 heteroatoms. The number of ether oxygens (including phenoxy) is 2. The highest BCUT2D eigenvalue weighted by Crippen LogP contribution is 2.62. The van der Waals surface area contributed by atoms with Crippen LogP contribution in [-0.2, 0) is 9.47 Å². The zero-order valence-corrected chi connectivity index (χ0v) is 20.9. The summed E-state index contributed by atoms with van der Waals surface area (Å²) < 4.78 is 11.8. The zero-order chi connectivity index (χ0) is 25.4. The molecule has 0 amide bonds. The molecule has 10 atom stereocenters. The van der Waals surface area contributed by atoms with Gasteiger partial charge in [0.2, 0.25) is 0 Å². The van der Waals surface area contributed by atoms with Gasteiger partial charge in [-0.1, -0.05) is 39.0 Å². The Labute approximate surface area is 202 Å². The van der Waals surface area contributed by atoms with Crippen LogP contribution in [0.5, 0.6) is 0 Å². The Hall–Kier alpha value is -0.840. The fraction of sp³-hybridized carbons (Fsp3) is 0.846. The van der Waals surface area contributed by atoms with E-state index >= 15 is 0 Å². The van der Waals surface area contributed by atoms with Gasteiger partial charge in [0.05, 0.1) is 25.4 Å². The van der Waals surface area contributed by atoms with Gasteiger partial charge in [-0.25, -0.2) is 0 Å². The molecule has 3 rings (SSSR count). The maximum atomic E-state index is 10.9. The molecule has 3 fully saturated rings. The van der Waals surface area contributed by atoms with Crippen molar-refractivity contribution in [3.8, 4) is 0 Å². The van der Waals surface area contributed by atoms with Crippen molar-refractivity contribution in [2.24, 2.45) is 22.7 Å². The molecule has 6 N–H and O–H groups in total. The molecule has 1 aliphatic heterocycles. The second kappa shape index (κ2) is 10.6. The molecule has 8 nitrogen and oxygen atoms in total. The molecule has 196 valence electrons. The molecule has 0 bridgehead atoms. The van der Waals surface area contributed by atoms with Gasteiger partial charge in [-0.3, -0.25) is 0 Å². The van der Waals surface area contributed by atoms with Crippen LogP contribution in [0.3, 0.4) is 0 Å². The second-order valence-corrected chi connectivity index (χ2v) is 11.4. The van der Waals surface area contributed by atoms with Crippen LogP contribution in [0.2, 0.25) is 0 Å². The average Bonchev–Trinajstić information content (AvgIpc) is 2.78. The normalized spacial score (nSPS) is 45.2. The Bertz CT molecular complexity index is 749. The van der Waals surface area contributed by atoms with E-state index in [0.29, 0.717) is 12.8 Å². The second-order valence-electron chi connectivity index (χ2n) is 11.4. The van der Waals surface area contributed by atoms with Crippen molar-refractivity contribution >= 4 is 0 Å². The molecule has 2 aliphatic carbocycles. The molecular weight excluding hydrogens is 440 g/mol.